The number of hydrogen-bond donors (Lipinski definition) is 0. The van der Waals surface area contributed by atoms with E-state index in [2.05, 4.69) is 18.7 Å². The minimum Gasteiger partial charge on any atom is -0.492 e. The van der Waals surface area contributed by atoms with Gasteiger partial charge >= 0.3 is 0 Å². The van der Waals surface area contributed by atoms with Crippen molar-refractivity contribution in [1.29, 1.82) is 0 Å². The summed E-state index contributed by atoms with van der Waals surface area (Å²) in [5.41, 5.74) is 0. The minimum absolute atomic E-state index is 0.196. The lowest BCUT2D eigenvalue weighted by atomic mass is 10.2. The van der Waals surface area contributed by atoms with Gasteiger partial charge in [-0.1, -0.05) is 0 Å². The normalized spacial score (nSPS) is 23.3. The molecular weight excluding hydrogens is 266 g/mol. The van der Waals surface area contributed by atoms with Gasteiger partial charge < -0.3 is 14.2 Å². The van der Waals surface area contributed by atoms with Crippen molar-refractivity contribution in [3.63, 3.8) is 0 Å². The van der Waals surface area contributed by atoms with E-state index in [0.29, 0.717) is 18.8 Å². The van der Waals surface area contributed by atoms with Gasteiger partial charge in [0.1, 0.15) is 18.1 Å². The molecule has 118 valence electrons. The average Bonchev–Trinajstić information content (AvgIpc) is 2.39. The molecule has 1 aromatic rings. The zero-order chi connectivity index (χ0) is 15.2. The van der Waals surface area contributed by atoms with Gasteiger partial charge in [0.15, 0.2) is 0 Å². The van der Waals surface area contributed by atoms with Crippen molar-refractivity contribution in [1.82, 2.24) is 4.90 Å². The third-order valence-corrected chi connectivity index (χ3v) is 3.37. The Hall–Kier alpha value is -1.26. The smallest absolute Gasteiger partial charge is 0.119 e. The maximum absolute atomic E-state index is 5.80. The van der Waals surface area contributed by atoms with E-state index in [9.17, 15) is 0 Å². The third-order valence-electron chi connectivity index (χ3n) is 3.37. The monoisotopic (exact) mass is 293 g/mol. The number of morpholine rings is 1. The molecule has 1 heterocycles. The summed E-state index contributed by atoms with van der Waals surface area (Å²) in [7, 11) is 0. The highest BCUT2D eigenvalue weighted by atomic mass is 16.5. The molecule has 2 unspecified atom stereocenters. The number of benzene rings is 1. The van der Waals surface area contributed by atoms with Crippen LogP contribution < -0.4 is 9.47 Å². The van der Waals surface area contributed by atoms with Crippen molar-refractivity contribution in [2.24, 2.45) is 0 Å². The van der Waals surface area contributed by atoms with E-state index in [1.54, 1.807) is 0 Å². The summed E-state index contributed by atoms with van der Waals surface area (Å²) < 4.78 is 17.1. The molecule has 0 radical (unpaired) electrons. The summed E-state index contributed by atoms with van der Waals surface area (Å²) in [5, 5.41) is 0. The average molecular weight is 293 g/mol. The van der Waals surface area contributed by atoms with Crippen LogP contribution in [0.2, 0.25) is 0 Å². The largest absolute Gasteiger partial charge is 0.492 e. The van der Waals surface area contributed by atoms with Crippen LogP contribution in [0.3, 0.4) is 0 Å². The van der Waals surface area contributed by atoms with Crippen molar-refractivity contribution in [2.45, 2.75) is 46.0 Å². The first kappa shape index (κ1) is 16.1. The molecule has 4 heteroatoms. The second-order valence-corrected chi connectivity index (χ2v) is 6.00. The molecule has 0 aliphatic carbocycles. The Morgan fingerprint density at radius 2 is 1.67 bits per heavy atom. The van der Waals surface area contributed by atoms with E-state index in [-0.39, 0.29) is 6.10 Å². The van der Waals surface area contributed by atoms with Crippen LogP contribution in [0, 0.1) is 0 Å². The second-order valence-electron chi connectivity index (χ2n) is 6.00. The summed E-state index contributed by atoms with van der Waals surface area (Å²) in [5.74, 6) is 1.77. The first-order chi connectivity index (χ1) is 10.0. The van der Waals surface area contributed by atoms with Crippen LogP contribution in [-0.2, 0) is 4.74 Å². The van der Waals surface area contributed by atoms with Crippen molar-refractivity contribution < 1.29 is 14.2 Å². The van der Waals surface area contributed by atoms with Crippen molar-refractivity contribution in [3.05, 3.63) is 24.3 Å². The summed E-state index contributed by atoms with van der Waals surface area (Å²) >= 11 is 0. The molecule has 0 aromatic heterocycles. The van der Waals surface area contributed by atoms with Crippen molar-refractivity contribution >= 4 is 0 Å². The van der Waals surface area contributed by atoms with E-state index >= 15 is 0 Å². The summed E-state index contributed by atoms with van der Waals surface area (Å²) in [6.45, 7) is 11.9. The topological polar surface area (TPSA) is 30.9 Å². The molecule has 21 heavy (non-hydrogen) atoms. The van der Waals surface area contributed by atoms with Crippen LogP contribution in [0.5, 0.6) is 11.5 Å². The lowest BCUT2D eigenvalue weighted by Gasteiger charge is -2.35. The Bertz CT molecular complexity index is 409. The third kappa shape index (κ3) is 5.56. The van der Waals surface area contributed by atoms with Gasteiger partial charge in [-0.05, 0) is 52.0 Å². The van der Waals surface area contributed by atoms with Gasteiger partial charge in [0.05, 0.1) is 18.3 Å². The Labute approximate surface area is 128 Å². The summed E-state index contributed by atoms with van der Waals surface area (Å²) in [6, 6.07) is 7.83. The van der Waals surface area contributed by atoms with Crippen LogP contribution in [0.1, 0.15) is 27.7 Å². The van der Waals surface area contributed by atoms with Gasteiger partial charge in [-0.3, -0.25) is 4.90 Å². The second kappa shape index (κ2) is 7.66. The molecule has 0 bridgehead atoms. The highest BCUT2D eigenvalue weighted by molar-refractivity contribution is 5.31. The number of nitrogens with zero attached hydrogens (tertiary/aromatic N) is 1. The predicted molar refractivity (Wildman–Crippen MR) is 84.2 cm³/mol. The fraction of sp³-hybridized carbons (Fsp3) is 0.647. The predicted octanol–water partition coefficient (Wildman–Crippen LogP) is 2.96. The van der Waals surface area contributed by atoms with Gasteiger partial charge in [-0.2, -0.15) is 0 Å². The van der Waals surface area contributed by atoms with Gasteiger partial charge in [0, 0.05) is 19.6 Å². The molecule has 1 saturated heterocycles. The fourth-order valence-electron chi connectivity index (χ4n) is 2.65. The van der Waals surface area contributed by atoms with E-state index in [0.717, 1.165) is 31.1 Å². The van der Waals surface area contributed by atoms with Gasteiger partial charge in [-0.25, -0.2) is 0 Å². The molecule has 1 fully saturated rings. The first-order valence-electron chi connectivity index (χ1n) is 7.80. The maximum Gasteiger partial charge on any atom is 0.119 e. The van der Waals surface area contributed by atoms with Crippen LogP contribution in [-0.4, -0.2) is 49.5 Å². The molecule has 0 amide bonds. The van der Waals surface area contributed by atoms with Crippen LogP contribution in [0.4, 0.5) is 0 Å². The zero-order valence-corrected chi connectivity index (χ0v) is 13.5. The SMILES string of the molecule is CC(C)Oc1ccc(OCCN2CC(C)OC(C)C2)cc1. The summed E-state index contributed by atoms with van der Waals surface area (Å²) in [4.78, 5) is 2.40. The van der Waals surface area contributed by atoms with Crippen LogP contribution in [0.15, 0.2) is 24.3 Å². The molecular formula is C17H27NO3. The van der Waals surface area contributed by atoms with E-state index in [1.807, 2.05) is 38.1 Å². The molecule has 0 saturated carbocycles. The fourth-order valence-corrected chi connectivity index (χ4v) is 2.65. The van der Waals surface area contributed by atoms with Crippen molar-refractivity contribution in [2.75, 3.05) is 26.2 Å². The molecule has 1 aromatic carbocycles. The standard InChI is InChI=1S/C17H27NO3/c1-13(2)20-17-7-5-16(6-8-17)19-10-9-18-11-14(3)21-15(4)12-18/h5-8,13-15H,9-12H2,1-4H3. The van der Waals surface area contributed by atoms with Crippen molar-refractivity contribution in [3.8, 4) is 11.5 Å². The molecule has 2 rings (SSSR count). The summed E-state index contributed by atoms with van der Waals surface area (Å²) in [6.07, 6.45) is 0.810. The van der Waals surface area contributed by atoms with Gasteiger partial charge in [0.25, 0.3) is 0 Å². The number of ether oxygens (including phenoxy) is 3. The number of rotatable bonds is 6. The molecule has 2 atom stereocenters. The van der Waals surface area contributed by atoms with Crippen LogP contribution in [0.25, 0.3) is 0 Å². The molecule has 0 spiro atoms. The Morgan fingerprint density at radius 1 is 1.10 bits per heavy atom. The minimum atomic E-state index is 0.196. The molecule has 0 N–H and O–H groups in total. The molecule has 4 nitrogen and oxygen atoms in total. The van der Waals surface area contributed by atoms with Gasteiger partial charge in [-0.15, -0.1) is 0 Å². The van der Waals surface area contributed by atoms with E-state index < -0.39 is 0 Å². The lowest BCUT2D eigenvalue weighted by Crippen LogP contribution is -2.46. The Kier molecular flexibility index (Phi) is 5.88. The first-order valence-corrected chi connectivity index (χ1v) is 7.80. The highest BCUT2D eigenvalue weighted by Gasteiger charge is 2.21. The number of hydrogen-bond acceptors (Lipinski definition) is 4. The highest BCUT2D eigenvalue weighted by Crippen LogP contribution is 2.18. The van der Waals surface area contributed by atoms with Crippen LogP contribution >= 0.6 is 0 Å². The maximum atomic E-state index is 5.80. The van der Waals surface area contributed by atoms with Gasteiger partial charge in [0.2, 0.25) is 0 Å². The molecule has 1 aliphatic heterocycles. The van der Waals surface area contributed by atoms with E-state index in [1.165, 1.54) is 0 Å². The van der Waals surface area contributed by atoms with E-state index in [4.69, 9.17) is 14.2 Å². The lowest BCUT2D eigenvalue weighted by molar-refractivity contribution is -0.0699. The zero-order valence-electron chi connectivity index (χ0n) is 13.5. The quantitative estimate of drug-likeness (QED) is 0.807. The molecule has 1 aliphatic rings. The Balaban J connectivity index is 1.73. The Morgan fingerprint density at radius 3 is 2.24 bits per heavy atom.